The van der Waals surface area contributed by atoms with Crippen molar-refractivity contribution in [2.45, 2.75) is 20.3 Å². The number of benzene rings is 1. The summed E-state index contributed by atoms with van der Waals surface area (Å²) in [6.07, 6.45) is 2.45. The van der Waals surface area contributed by atoms with Gasteiger partial charge in [0, 0.05) is 5.56 Å². The van der Waals surface area contributed by atoms with Gasteiger partial charge in [0.1, 0.15) is 5.01 Å². The number of rotatable bonds is 3. The normalized spacial score (nSPS) is 17.9. The summed E-state index contributed by atoms with van der Waals surface area (Å²) in [5.41, 5.74) is 2.45. The first-order chi connectivity index (χ1) is 14.0. The summed E-state index contributed by atoms with van der Waals surface area (Å²) >= 11 is 2.80. The Hall–Kier alpha value is -3.11. The first kappa shape index (κ1) is 18.0. The number of nitrogens with zero attached hydrogens (tertiary/aromatic N) is 6. The van der Waals surface area contributed by atoms with Crippen molar-refractivity contribution in [1.29, 1.82) is 5.41 Å². The van der Waals surface area contributed by atoms with Gasteiger partial charge >= 0.3 is 0 Å². The number of carbonyl (C=O) groups excluding carboxylic acids is 1. The van der Waals surface area contributed by atoms with E-state index >= 15 is 0 Å². The van der Waals surface area contributed by atoms with Crippen molar-refractivity contribution in [2.24, 2.45) is 10.1 Å². The molecule has 0 aliphatic carbocycles. The number of hydrogen-bond donors (Lipinski definition) is 1. The average molecular weight is 422 g/mol. The maximum absolute atomic E-state index is 12.7. The van der Waals surface area contributed by atoms with Gasteiger partial charge in [-0.3, -0.25) is 10.2 Å². The van der Waals surface area contributed by atoms with Crippen molar-refractivity contribution in [3.8, 4) is 11.3 Å². The van der Waals surface area contributed by atoms with Gasteiger partial charge in [-0.1, -0.05) is 48.6 Å². The molecule has 29 heavy (non-hydrogen) atoms. The molecule has 2 aromatic heterocycles. The van der Waals surface area contributed by atoms with Crippen molar-refractivity contribution in [1.82, 2.24) is 19.6 Å². The third-order valence-electron chi connectivity index (χ3n) is 4.47. The molecule has 5 rings (SSSR count). The van der Waals surface area contributed by atoms with Crippen molar-refractivity contribution in [3.63, 3.8) is 0 Å². The second-order valence-electron chi connectivity index (χ2n) is 6.39. The van der Waals surface area contributed by atoms with Gasteiger partial charge in [0.05, 0.1) is 22.0 Å². The van der Waals surface area contributed by atoms with Crippen LogP contribution in [0.3, 0.4) is 0 Å². The number of fused-ring (bicyclic) bond motifs is 2. The van der Waals surface area contributed by atoms with E-state index in [1.807, 2.05) is 44.2 Å². The summed E-state index contributed by atoms with van der Waals surface area (Å²) in [4.78, 5) is 22.3. The standard InChI is InChI=1S/C19H15N7OS2/c1-3-14-24-25-13(15(21-18(25)29-14)11-7-5-4-6-8-11)9-12-16(20)26-19(22-17(12)27)28-10(2)23-26/h4-9,20H,3H2,1-2H3/b12-9-,20-16?. The molecule has 0 saturated heterocycles. The molecule has 1 aromatic carbocycles. The summed E-state index contributed by atoms with van der Waals surface area (Å²) in [7, 11) is 0. The van der Waals surface area contributed by atoms with Crippen molar-refractivity contribution in [2.75, 3.05) is 0 Å². The predicted molar refractivity (Wildman–Crippen MR) is 116 cm³/mol. The van der Waals surface area contributed by atoms with Crippen molar-refractivity contribution < 1.29 is 4.79 Å². The Morgan fingerprint density at radius 1 is 1.24 bits per heavy atom. The molecule has 0 bridgehead atoms. The summed E-state index contributed by atoms with van der Waals surface area (Å²) in [6.45, 7) is 3.86. The van der Waals surface area contributed by atoms with Gasteiger partial charge in [-0.2, -0.15) is 20.2 Å². The zero-order valence-corrected chi connectivity index (χ0v) is 17.2. The van der Waals surface area contributed by atoms with Gasteiger partial charge in [0.15, 0.2) is 5.84 Å². The molecule has 1 amide bonds. The summed E-state index contributed by atoms with van der Waals surface area (Å²) < 4.78 is 1.74. The summed E-state index contributed by atoms with van der Waals surface area (Å²) in [5, 5.41) is 20.9. The number of amides is 1. The Bertz CT molecular complexity index is 1270. The Balaban J connectivity index is 1.71. The molecule has 3 aromatic rings. The van der Waals surface area contributed by atoms with Crippen LogP contribution in [0.4, 0.5) is 0 Å². The number of thioether (sulfide) groups is 1. The van der Waals surface area contributed by atoms with E-state index in [9.17, 15) is 4.79 Å². The van der Waals surface area contributed by atoms with Gasteiger partial charge in [0.2, 0.25) is 10.1 Å². The van der Waals surface area contributed by atoms with E-state index < -0.39 is 5.91 Å². The molecule has 10 heteroatoms. The number of aliphatic imine (C=N–C) groups is 1. The molecule has 2 aliphatic rings. The fraction of sp³-hybridized carbons (Fsp3) is 0.158. The maximum atomic E-state index is 12.7. The van der Waals surface area contributed by atoms with Crippen LogP contribution in [0.2, 0.25) is 0 Å². The summed E-state index contributed by atoms with van der Waals surface area (Å²) in [5.74, 6) is -0.456. The van der Waals surface area contributed by atoms with E-state index in [1.165, 1.54) is 28.1 Å². The number of imidazole rings is 1. The quantitative estimate of drug-likeness (QED) is 0.651. The third-order valence-corrected chi connectivity index (χ3v) is 6.34. The minimum absolute atomic E-state index is 0.00394. The molecule has 2 aliphatic heterocycles. The van der Waals surface area contributed by atoms with Crippen molar-refractivity contribution in [3.05, 3.63) is 46.6 Å². The van der Waals surface area contributed by atoms with E-state index in [2.05, 4.69) is 15.2 Å². The minimum atomic E-state index is -0.460. The Kier molecular flexibility index (Phi) is 4.18. The number of hydrazone groups is 1. The number of aryl methyl sites for hydroxylation is 1. The SMILES string of the molecule is CCc1nn2c(/C=C3/C(=N)N4N=C(C)SC4=NC3=O)c(-c3ccccc3)nc2s1. The molecule has 1 N–H and O–H groups in total. The third kappa shape index (κ3) is 2.91. The smallest absolute Gasteiger partial charge is 0.282 e. The number of carbonyl (C=O) groups is 1. The monoisotopic (exact) mass is 421 g/mol. The van der Waals surface area contributed by atoms with Crippen LogP contribution in [0.5, 0.6) is 0 Å². The number of nitrogens with one attached hydrogen (secondary N) is 1. The molecule has 8 nitrogen and oxygen atoms in total. The Labute approximate surface area is 174 Å². The second-order valence-corrected chi connectivity index (χ2v) is 8.60. The molecule has 0 unspecified atom stereocenters. The largest absolute Gasteiger partial charge is 0.283 e. The molecule has 0 saturated carbocycles. The van der Waals surface area contributed by atoms with Crippen molar-refractivity contribution >= 4 is 56.1 Å². The number of amidine groups is 2. The summed E-state index contributed by atoms with van der Waals surface area (Å²) in [6, 6.07) is 9.74. The van der Waals surface area contributed by atoms with Gasteiger partial charge < -0.3 is 0 Å². The van der Waals surface area contributed by atoms with E-state index in [0.29, 0.717) is 16.6 Å². The molecule has 0 atom stereocenters. The molecular weight excluding hydrogens is 406 g/mol. The number of hydrogen-bond acceptors (Lipinski definition) is 7. The highest BCUT2D eigenvalue weighted by Gasteiger charge is 2.35. The highest BCUT2D eigenvalue weighted by atomic mass is 32.2. The fourth-order valence-electron chi connectivity index (χ4n) is 3.11. The zero-order valence-electron chi connectivity index (χ0n) is 15.6. The lowest BCUT2D eigenvalue weighted by Crippen LogP contribution is -2.35. The fourth-order valence-corrected chi connectivity index (χ4v) is 4.68. The molecule has 0 fully saturated rings. The van der Waals surface area contributed by atoms with E-state index in [1.54, 1.807) is 10.6 Å². The predicted octanol–water partition coefficient (Wildman–Crippen LogP) is 3.66. The topological polar surface area (TPSA) is 99.1 Å². The van der Waals surface area contributed by atoms with Gasteiger partial charge in [0.25, 0.3) is 5.91 Å². The zero-order chi connectivity index (χ0) is 20.1. The first-order valence-corrected chi connectivity index (χ1v) is 10.6. The van der Waals surface area contributed by atoms with E-state index in [4.69, 9.17) is 10.4 Å². The van der Waals surface area contributed by atoms with Crippen LogP contribution in [-0.2, 0) is 11.2 Å². The van der Waals surface area contributed by atoms with Gasteiger partial charge in [-0.05, 0) is 31.2 Å². The van der Waals surface area contributed by atoms with Crippen LogP contribution in [0.25, 0.3) is 22.3 Å². The van der Waals surface area contributed by atoms with Crippen LogP contribution < -0.4 is 0 Å². The highest BCUT2D eigenvalue weighted by Crippen LogP contribution is 2.32. The van der Waals surface area contributed by atoms with Crippen LogP contribution in [0.1, 0.15) is 24.5 Å². The minimum Gasteiger partial charge on any atom is -0.282 e. The van der Waals surface area contributed by atoms with Crippen LogP contribution in [0, 0.1) is 5.41 Å². The molecule has 0 spiro atoms. The lowest BCUT2D eigenvalue weighted by atomic mass is 10.1. The first-order valence-electron chi connectivity index (χ1n) is 8.96. The Morgan fingerprint density at radius 2 is 2.03 bits per heavy atom. The van der Waals surface area contributed by atoms with E-state index in [0.717, 1.165) is 27.0 Å². The molecular formula is C19H15N7OS2. The van der Waals surface area contributed by atoms with Crippen LogP contribution >= 0.6 is 23.1 Å². The Morgan fingerprint density at radius 3 is 2.79 bits per heavy atom. The maximum Gasteiger partial charge on any atom is 0.283 e. The average Bonchev–Trinajstić information content (AvgIpc) is 3.38. The van der Waals surface area contributed by atoms with Crippen LogP contribution in [-0.4, -0.2) is 41.6 Å². The van der Waals surface area contributed by atoms with E-state index in [-0.39, 0.29) is 11.4 Å². The molecule has 144 valence electrons. The van der Waals surface area contributed by atoms with Gasteiger partial charge in [-0.15, -0.1) is 0 Å². The highest BCUT2D eigenvalue weighted by molar-refractivity contribution is 8.26. The van der Waals surface area contributed by atoms with Crippen LogP contribution in [0.15, 0.2) is 46.0 Å². The van der Waals surface area contributed by atoms with Gasteiger partial charge in [-0.25, -0.2) is 9.50 Å². The lowest BCUT2D eigenvalue weighted by molar-refractivity contribution is -0.114. The number of aromatic nitrogens is 3. The molecule has 0 radical (unpaired) electrons. The molecule has 4 heterocycles. The second kappa shape index (κ2) is 6.75. The lowest BCUT2D eigenvalue weighted by Gasteiger charge is -2.20.